The minimum absolute atomic E-state index is 0.000974. The molecule has 7 rings (SSSR count). The minimum atomic E-state index is -1.14. The van der Waals surface area contributed by atoms with Gasteiger partial charge in [-0.15, -0.1) is 0 Å². The highest BCUT2D eigenvalue weighted by molar-refractivity contribution is 6.03. The Hall–Kier alpha value is -2.75. The molecule has 0 aromatic heterocycles. The van der Waals surface area contributed by atoms with Crippen molar-refractivity contribution >= 4 is 29.5 Å². The molecule has 1 aliphatic heterocycles. The molecule has 6 fully saturated rings. The molecule has 0 aromatic rings. The van der Waals surface area contributed by atoms with E-state index in [1.54, 1.807) is 13.8 Å². The first-order valence-electron chi connectivity index (χ1n) is 22.0. The lowest BCUT2D eigenvalue weighted by Crippen LogP contribution is -2.68. The fourth-order valence-electron chi connectivity index (χ4n) is 14.6. The number of carbonyl (C=O) groups is 5. The van der Waals surface area contributed by atoms with E-state index in [-0.39, 0.29) is 75.6 Å². The molecule has 0 spiro atoms. The van der Waals surface area contributed by atoms with Crippen molar-refractivity contribution in [3.63, 3.8) is 0 Å². The summed E-state index contributed by atoms with van der Waals surface area (Å²) in [4.78, 5) is 67.0. The summed E-state index contributed by atoms with van der Waals surface area (Å²) < 4.78 is 6.41. The van der Waals surface area contributed by atoms with Crippen molar-refractivity contribution in [3.8, 4) is 0 Å². The number of hydrogen-bond donors (Lipinski definition) is 4. The van der Waals surface area contributed by atoms with Crippen molar-refractivity contribution in [1.82, 2.24) is 16.0 Å². The second-order valence-electron chi connectivity index (χ2n) is 22.3. The van der Waals surface area contributed by atoms with Gasteiger partial charge in [0.05, 0.1) is 23.4 Å². The van der Waals surface area contributed by atoms with Gasteiger partial charge in [-0.1, -0.05) is 62.3 Å². The van der Waals surface area contributed by atoms with E-state index in [4.69, 9.17) is 4.74 Å². The average molecular weight is 778 g/mol. The number of hydrogen-bond acceptors (Lipinski definition) is 7. The van der Waals surface area contributed by atoms with E-state index < -0.39 is 34.3 Å². The number of ether oxygens (including phenoxy) is 1. The van der Waals surface area contributed by atoms with Crippen LogP contribution >= 0.6 is 0 Å². The molecule has 2 amide bonds. The van der Waals surface area contributed by atoms with Crippen LogP contribution in [0.3, 0.4) is 0 Å². The lowest BCUT2D eigenvalue weighted by atomic mass is 9.33. The molecular weight excluding hydrogens is 707 g/mol. The number of aliphatic carboxylic acids is 1. The van der Waals surface area contributed by atoms with Gasteiger partial charge in [0, 0.05) is 11.8 Å². The van der Waals surface area contributed by atoms with Crippen LogP contribution < -0.4 is 16.0 Å². The fourth-order valence-corrected chi connectivity index (χ4v) is 14.6. The first kappa shape index (κ1) is 41.4. The van der Waals surface area contributed by atoms with Crippen LogP contribution in [0.25, 0.3) is 0 Å². The summed E-state index contributed by atoms with van der Waals surface area (Å²) in [6.07, 6.45) is 9.57. The quantitative estimate of drug-likeness (QED) is 0.190. The Balaban J connectivity index is 1.13. The van der Waals surface area contributed by atoms with E-state index in [9.17, 15) is 29.1 Å². The summed E-state index contributed by atoms with van der Waals surface area (Å²) >= 11 is 0. The predicted octanol–water partition coefficient (Wildman–Crippen LogP) is 7.14. The second-order valence-corrected chi connectivity index (χ2v) is 22.3. The van der Waals surface area contributed by atoms with Gasteiger partial charge in [0.2, 0.25) is 11.8 Å². The Morgan fingerprint density at radius 3 is 2.14 bits per heavy atom. The minimum Gasteiger partial charge on any atom is -0.481 e. The van der Waals surface area contributed by atoms with Crippen LogP contribution in [0.4, 0.5) is 0 Å². The highest BCUT2D eigenvalue weighted by Crippen LogP contribution is 2.76. The SMILES string of the molecule is CC(C)C1=C2[C@H]3CC[C@@H]4[C@@]5(C)CC[C@H](OC(=O)[C@H]6C[C@@H](C(=O)O)C6(C)C)C(C)(C)[C@@H]5CC[C@@]4(C)[C@]3(C)CC[C@@]2(NC(=O)C(C)(C)NC(=O)C2CCCN2)CC1=O. The summed E-state index contributed by atoms with van der Waals surface area (Å²) in [5.74, 6) is -1.23. The number of carboxylic acids is 1. The first-order valence-corrected chi connectivity index (χ1v) is 22.0. The highest BCUT2D eigenvalue weighted by atomic mass is 16.5. The topological polar surface area (TPSA) is 151 Å². The van der Waals surface area contributed by atoms with Crippen molar-refractivity contribution in [2.45, 2.75) is 176 Å². The number of Topliss-reactive ketones (excluding diaryl/α,β-unsaturated/α-hetero) is 1. The van der Waals surface area contributed by atoms with Gasteiger partial charge in [-0.25, -0.2) is 0 Å². The standard InChI is InChI=1S/C46H71N3O7/c1-25(2)34-30(50)24-46(49-39(55)42(7,8)48-36(51)29-13-12-22-47-29)21-20-44(10)26(35(34)46)14-15-32-43(9)18-17-33(41(5,6)31(43)16-19-45(32,44)11)56-38(54)28-23-27(37(52)53)40(28,3)4/h25-29,31-33,47H,12-24H2,1-11H3,(H,48,51)(H,49,55)(H,52,53)/t26-,27+,28-,29?,31+,32-,33+,43+,44-,45-,46-/m1/s1. The molecule has 6 aliphatic carbocycles. The zero-order chi connectivity index (χ0) is 41.2. The monoisotopic (exact) mass is 778 g/mol. The van der Waals surface area contributed by atoms with E-state index >= 15 is 0 Å². The third-order valence-electron chi connectivity index (χ3n) is 18.2. The second kappa shape index (κ2) is 13.4. The Morgan fingerprint density at radius 1 is 0.839 bits per heavy atom. The number of carboxylic acid groups (broad SMARTS) is 1. The summed E-state index contributed by atoms with van der Waals surface area (Å²) in [5, 5.41) is 19.4. The maximum absolute atomic E-state index is 14.3. The molecule has 56 heavy (non-hydrogen) atoms. The zero-order valence-electron chi connectivity index (χ0n) is 36.2. The fraction of sp³-hybridized carbons (Fsp3) is 0.848. The molecule has 4 N–H and O–H groups in total. The summed E-state index contributed by atoms with van der Waals surface area (Å²) in [7, 11) is 0. The average Bonchev–Trinajstić information content (AvgIpc) is 3.72. The number of amides is 2. The van der Waals surface area contributed by atoms with Crippen LogP contribution in [0.1, 0.15) is 153 Å². The molecule has 11 atom stereocenters. The van der Waals surface area contributed by atoms with Crippen LogP contribution in [0.2, 0.25) is 0 Å². The van der Waals surface area contributed by atoms with Gasteiger partial charge in [-0.05, 0) is 147 Å². The third-order valence-corrected chi connectivity index (χ3v) is 18.2. The van der Waals surface area contributed by atoms with E-state index in [1.165, 1.54) is 5.57 Å². The Morgan fingerprint density at radius 2 is 1.54 bits per heavy atom. The van der Waals surface area contributed by atoms with Gasteiger partial charge in [0.15, 0.2) is 5.78 Å². The Labute approximate surface area is 335 Å². The van der Waals surface area contributed by atoms with Gasteiger partial charge in [-0.3, -0.25) is 24.0 Å². The van der Waals surface area contributed by atoms with Crippen molar-refractivity contribution in [2.24, 2.45) is 62.6 Å². The maximum atomic E-state index is 14.3. The molecule has 0 radical (unpaired) electrons. The highest BCUT2D eigenvalue weighted by Gasteiger charge is 2.71. The van der Waals surface area contributed by atoms with Crippen molar-refractivity contribution in [2.75, 3.05) is 6.54 Å². The van der Waals surface area contributed by atoms with Crippen molar-refractivity contribution in [1.29, 1.82) is 0 Å². The molecular formula is C46H71N3O7. The largest absolute Gasteiger partial charge is 0.481 e. The van der Waals surface area contributed by atoms with E-state index in [0.717, 1.165) is 69.9 Å². The van der Waals surface area contributed by atoms with Crippen LogP contribution in [-0.2, 0) is 28.7 Å². The van der Waals surface area contributed by atoms with Crippen molar-refractivity contribution < 1.29 is 33.8 Å². The zero-order valence-corrected chi connectivity index (χ0v) is 36.2. The normalized spacial score (nSPS) is 42.4. The number of allylic oxidation sites excluding steroid dienone is 1. The number of nitrogens with one attached hydrogen (secondary N) is 3. The smallest absolute Gasteiger partial charge is 0.309 e. The van der Waals surface area contributed by atoms with Gasteiger partial charge < -0.3 is 25.8 Å². The molecule has 5 saturated carbocycles. The maximum Gasteiger partial charge on any atom is 0.309 e. The van der Waals surface area contributed by atoms with Gasteiger partial charge in [0.25, 0.3) is 0 Å². The molecule has 7 aliphatic rings. The Kier molecular flexibility index (Phi) is 9.90. The third kappa shape index (κ3) is 5.89. The molecule has 0 bridgehead atoms. The Bertz CT molecular complexity index is 1720. The molecule has 0 aromatic carbocycles. The van der Waals surface area contributed by atoms with Gasteiger partial charge in [-0.2, -0.15) is 0 Å². The number of fused-ring (bicyclic) bond motifs is 7. The van der Waals surface area contributed by atoms with Crippen LogP contribution in [0.15, 0.2) is 11.1 Å². The lowest BCUT2D eigenvalue weighted by molar-refractivity contribution is -0.235. The first-order chi connectivity index (χ1) is 25.9. The lowest BCUT2D eigenvalue weighted by Gasteiger charge is -2.72. The number of carbonyl (C=O) groups excluding carboxylic acids is 4. The number of ketones is 1. The van der Waals surface area contributed by atoms with Crippen molar-refractivity contribution in [3.05, 3.63) is 11.1 Å². The van der Waals surface area contributed by atoms with Crippen LogP contribution in [-0.4, -0.2) is 64.4 Å². The van der Waals surface area contributed by atoms with Crippen LogP contribution in [0.5, 0.6) is 0 Å². The van der Waals surface area contributed by atoms with Gasteiger partial charge in [0.1, 0.15) is 11.6 Å². The predicted molar refractivity (Wildman–Crippen MR) is 214 cm³/mol. The van der Waals surface area contributed by atoms with Crippen LogP contribution in [0, 0.1) is 62.6 Å². The number of esters is 1. The number of rotatable bonds is 8. The molecule has 10 heteroatoms. The van der Waals surface area contributed by atoms with E-state index in [1.807, 2.05) is 13.8 Å². The molecule has 1 saturated heterocycles. The molecule has 312 valence electrons. The van der Waals surface area contributed by atoms with E-state index in [0.29, 0.717) is 24.7 Å². The summed E-state index contributed by atoms with van der Waals surface area (Å²) in [6, 6.07) is -0.288. The van der Waals surface area contributed by atoms with E-state index in [2.05, 4.69) is 64.4 Å². The summed E-state index contributed by atoms with van der Waals surface area (Å²) in [6.45, 7) is 24.5. The summed E-state index contributed by atoms with van der Waals surface area (Å²) in [5.41, 5.74) is -0.714. The van der Waals surface area contributed by atoms with Gasteiger partial charge >= 0.3 is 11.9 Å². The molecule has 10 nitrogen and oxygen atoms in total. The molecule has 1 unspecified atom stereocenters. The molecule has 1 heterocycles.